The first-order chi connectivity index (χ1) is 15.0. The first-order valence-corrected chi connectivity index (χ1v) is 10.9. The molecule has 31 heavy (non-hydrogen) atoms. The normalized spacial score (nSPS) is 11.5. The third-order valence-electron chi connectivity index (χ3n) is 5.61. The molecule has 0 unspecified atom stereocenters. The van der Waals surface area contributed by atoms with E-state index in [4.69, 9.17) is 0 Å². The number of imidazole rings is 1. The molecule has 1 aromatic heterocycles. The summed E-state index contributed by atoms with van der Waals surface area (Å²) in [5, 5.41) is 0. The topological polar surface area (TPSA) is 17.8 Å². The Morgan fingerprint density at radius 3 is 1.87 bits per heavy atom. The van der Waals surface area contributed by atoms with Gasteiger partial charge >= 0.3 is 0 Å². The molecule has 1 heterocycles. The van der Waals surface area contributed by atoms with E-state index in [1.54, 1.807) is 0 Å². The highest BCUT2D eigenvalue weighted by molar-refractivity contribution is 5.51. The molecule has 0 aliphatic heterocycles. The molecule has 0 fully saturated rings. The smallest absolute Gasteiger partial charge is 0.0953 e. The molecule has 2 heteroatoms. The predicted molar refractivity (Wildman–Crippen MR) is 130 cm³/mol. The molecule has 156 valence electrons. The first-order valence-electron chi connectivity index (χ1n) is 10.9. The molecule has 3 aromatic carbocycles. The van der Waals surface area contributed by atoms with E-state index in [0.717, 1.165) is 12.2 Å². The van der Waals surface area contributed by atoms with Gasteiger partial charge in [-0.1, -0.05) is 95.1 Å². The Balaban J connectivity index is 1.72. The molecule has 2 nitrogen and oxygen atoms in total. The number of nitrogens with zero attached hydrogens (tertiary/aromatic N) is 2. The average molecular weight is 407 g/mol. The maximum absolute atomic E-state index is 4.41. The van der Waals surface area contributed by atoms with E-state index in [-0.39, 0.29) is 5.92 Å². The SMILES string of the molecule is Cc1cc(C)cc(C(C=Cc2cncn2Cc2ccccc2)c2cc(C)cc(C)c2)c1. The predicted octanol–water partition coefficient (Wildman–Crippen LogP) is 7.01. The first kappa shape index (κ1) is 20.9. The van der Waals surface area contributed by atoms with Crippen LogP contribution < -0.4 is 0 Å². The van der Waals surface area contributed by atoms with Crippen molar-refractivity contribution in [2.75, 3.05) is 0 Å². The van der Waals surface area contributed by atoms with Gasteiger partial charge in [-0.25, -0.2) is 4.98 Å². The fourth-order valence-corrected chi connectivity index (χ4v) is 4.37. The van der Waals surface area contributed by atoms with E-state index >= 15 is 0 Å². The van der Waals surface area contributed by atoms with E-state index in [1.807, 2.05) is 12.5 Å². The molecule has 0 aliphatic rings. The third-order valence-corrected chi connectivity index (χ3v) is 5.61. The van der Waals surface area contributed by atoms with Crippen molar-refractivity contribution < 1.29 is 0 Å². The largest absolute Gasteiger partial charge is 0.327 e. The summed E-state index contributed by atoms with van der Waals surface area (Å²) in [4.78, 5) is 4.41. The van der Waals surface area contributed by atoms with Crippen molar-refractivity contribution in [3.63, 3.8) is 0 Å². The van der Waals surface area contributed by atoms with Crippen LogP contribution in [0.5, 0.6) is 0 Å². The summed E-state index contributed by atoms with van der Waals surface area (Å²) in [6.45, 7) is 9.51. The highest BCUT2D eigenvalue weighted by atomic mass is 15.0. The van der Waals surface area contributed by atoms with Gasteiger partial charge in [-0.3, -0.25) is 0 Å². The molecule has 0 N–H and O–H groups in total. The van der Waals surface area contributed by atoms with Crippen LogP contribution in [0.3, 0.4) is 0 Å². The molecule has 0 spiro atoms. The van der Waals surface area contributed by atoms with Crippen LogP contribution in [-0.2, 0) is 6.54 Å². The molecule has 0 amide bonds. The van der Waals surface area contributed by atoms with Gasteiger partial charge < -0.3 is 4.57 Å². The lowest BCUT2D eigenvalue weighted by Crippen LogP contribution is -2.02. The van der Waals surface area contributed by atoms with Gasteiger partial charge in [-0.2, -0.15) is 0 Å². The van der Waals surface area contributed by atoms with Gasteiger partial charge in [0.1, 0.15) is 0 Å². The van der Waals surface area contributed by atoms with E-state index in [1.165, 1.54) is 38.9 Å². The Kier molecular flexibility index (Phi) is 6.18. The molecule has 0 radical (unpaired) electrons. The second-order valence-electron chi connectivity index (χ2n) is 8.61. The van der Waals surface area contributed by atoms with Crippen molar-refractivity contribution in [2.45, 2.75) is 40.2 Å². The van der Waals surface area contributed by atoms with Gasteiger partial charge in [0.2, 0.25) is 0 Å². The summed E-state index contributed by atoms with van der Waals surface area (Å²) in [5.74, 6) is 0.192. The number of hydrogen-bond donors (Lipinski definition) is 0. The number of benzene rings is 3. The van der Waals surface area contributed by atoms with Crippen LogP contribution in [0.4, 0.5) is 0 Å². The molecule has 0 aliphatic carbocycles. The molecule has 0 saturated heterocycles. The van der Waals surface area contributed by atoms with E-state index < -0.39 is 0 Å². The van der Waals surface area contributed by atoms with Crippen molar-refractivity contribution in [3.05, 3.63) is 130 Å². The van der Waals surface area contributed by atoms with Gasteiger partial charge in [0.05, 0.1) is 18.2 Å². The summed E-state index contributed by atoms with van der Waals surface area (Å²) in [5.41, 5.74) is 10.2. The standard InChI is InChI=1S/C29H30N2/c1-21-12-22(2)15-26(14-21)29(27-16-23(3)13-24(4)17-27)11-10-28-18-30-20-31(28)19-25-8-6-5-7-9-25/h5-18,20,29H,19H2,1-4H3. The number of allylic oxidation sites excluding steroid dienone is 1. The van der Waals surface area contributed by atoms with Crippen molar-refractivity contribution in [3.8, 4) is 0 Å². The lowest BCUT2D eigenvalue weighted by atomic mass is 9.87. The summed E-state index contributed by atoms with van der Waals surface area (Å²) in [6, 6.07) is 24.2. The van der Waals surface area contributed by atoms with Gasteiger partial charge in [0.25, 0.3) is 0 Å². The van der Waals surface area contributed by atoms with Crippen LogP contribution in [0, 0.1) is 27.7 Å². The maximum Gasteiger partial charge on any atom is 0.0953 e. The van der Waals surface area contributed by atoms with Gasteiger partial charge in [-0.05, 0) is 50.5 Å². The fourth-order valence-electron chi connectivity index (χ4n) is 4.37. The van der Waals surface area contributed by atoms with Crippen LogP contribution in [0.2, 0.25) is 0 Å². The molecule has 0 atom stereocenters. The Labute approximate surface area is 185 Å². The minimum absolute atomic E-state index is 0.192. The quantitative estimate of drug-likeness (QED) is 0.337. The minimum Gasteiger partial charge on any atom is -0.327 e. The Morgan fingerprint density at radius 1 is 0.774 bits per heavy atom. The monoisotopic (exact) mass is 406 g/mol. The summed E-state index contributed by atoms with van der Waals surface area (Å²) in [7, 11) is 0. The van der Waals surface area contributed by atoms with Crippen molar-refractivity contribution in [1.29, 1.82) is 0 Å². The number of aromatic nitrogens is 2. The number of aryl methyl sites for hydroxylation is 4. The zero-order chi connectivity index (χ0) is 21.8. The average Bonchev–Trinajstić information content (AvgIpc) is 3.14. The van der Waals surface area contributed by atoms with Crippen LogP contribution in [-0.4, -0.2) is 9.55 Å². The lowest BCUT2D eigenvalue weighted by Gasteiger charge is -2.17. The van der Waals surface area contributed by atoms with Crippen LogP contribution in [0.1, 0.15) is 50.6 Å². The van der Waals surface area contributed by atoms with Crippen molar-refractivity contribution in [1.82, 2.24) is 9.55 Å². The van der Waals surface area contributed by atoms with Crippen LogP contribution in [0.15, 0.2) is 85.3 Å². The molecule has 0 bridgehead atoms. The Hall–Kier alpha value is -3.39. The summed E-state index contributed by atoms with van der Waals surface area (Å²) < 4.78 is 2.20. The summed E-state index contributed by atoms with van der Waals surface area (Å²) in [6.07, 6.45) is 8.39. The zero-order valence-electron chi connectivity index (χ0n) is 18.8. The second kappa shape index (κ2) is 9.18. The van der Waals surface area contributed by atoms with E-state index in [0.29, 0.717) is 0 Å². The molecule has 0 saturated carbocycles. The molecular formula is C29H30N2. The van der Waals surface area contributed by atoms with Gasteiger partial charge in [0.15, 0.2) is 0 Å². The summed E-state index contributed by atoms with van der Waals surface area (Å²) >= 11 is 0. The highest BCUT2D eigenvalue weighted by Crippen LogP contribution is 2.30. The van der Waals surface area contributed by atoms with Crippen LogP contribution >= 0.6 is 0 Å². The van der Waals surface area contributed by atoms with Crippen molar-refractivity contribution in [2.24, 2.45) is 0 Å². The van der Waals surface area contributed by atoms with Gasteiger partial charge in [-0.15, -0.1) is 0 Å². The van der Waals surface area contributed by atoms with Crippen LogP contribution in [0.25, 0.3) is 6.08 Å². The van der Waals surface area contributed by atoms with Gasteiger partial charge in [0, 0.05) is 12.5 Å². The molecule has 4 rings (SSSR count). The lowest BCUT2D eigenvalue weighted by molar-refractivity contribution is 0.789. The number of hydrogen-bond acceptors (Lipinski definition) is 1. The van der Waals surface area contributed by atoms with Crippen molar-refractivity contribution >= 4 is 6.08 Å². The van der Waals surface area contributed by atoms with E-state index in [2.05, 4.69) is 116 Å². The second-order valence-corrected chi connectivity index (χ2v) is 8.61. The zero-order valence-corrected chi connectivity index (χ0v) is 18.8. The van der Waals surface area contributed by atoms with E-state index in [9.17, 15) is 0 Å². The Bertz CT molecular complexity index is 1110. The fraction of sp³-hybridized carbons (Fsp3) is 0.207. The third kappa shape index (κ3) is 5.21. The minimum atomic E-state index is 0.192. The number of rotatable bonds is 6. The molecule has 4 aromatic rings. The Morgan fingerprint density at radius 2 is 1.32 bits per heavy atom. The highest BCUT2D eigenvalue weighted by Gasteiger charge is 2.14. The maximum atomic E-state index is 4.41. The molecular weight excluding hydrogens is 376 g/mol.